The van der Waals surface area contributed by atoms with Crippen LogP contribution >= 0.6 is 0 Å². The van der Waals surface area contributed by atoms with Gasteiger partial charge in [0.25, 0.3) is 0 Å². The number of nitrogens with zero attached hydrogens (tertiary/aromatic N) is 5. The number of fused-ring (bicyclic) bond motifs is 1. The molecular formula is C22H30N6O. The fourth-order valence-electron chi connectivity index (χ4n) is 5.34. The molecule has 2 aromatic rings. The summed E-state index contributed by atoms with van der Waals surface area (Å²) in [5.41, 5.74) is 9.00. The first-order valence-corrected chi connectivity index (χ1v) is 10.6. The number of morpholine rings is 1. The zero-order valence-electron chi connectivity index (χ0n) is 17.3. The maximum Gasteiger partial charge on any atom is 0.229 e. The molecule has 3 saturated heterocycles. The minimum absolute atomic E-state index is 0.462. The first-order chi connectivity index (χ1) is 14.1. The number of anilines is 3. The van der Waals surface area contributed by atoms with Crippen LogP contribution in [0, 0.1) is 18.8 Å². The highest BCUT2D eigenvalue weighted by atomic mass is 16.5. The largest absolute Gasteiger partial charge is 0.383 e. The summed E-state index contributed by atoms with van der Waals surface area (Å²) >= 11 is 0. The molecule has 0 bridgehead atoms. The van der Waals surface area contributed by atoms with Crippen molar-refractivity contribution in [1.82, 2.24) is 14.9 Å². The van der Waals surface area contributed by atoms with Gasteiger partial charge in [-0.1, -0.05) is 24.3 Å². The Morgan fingerprint density at radius 1 is 1.03 bits per heavy atom. The first-order valence-electron chi connectivity index (χ1n) is 10.6. The fourth-order valence-corrected chi connectivity index (χ4v) is 5.34. The van der Waals surface area contributed by atoms with Crippen molar-refractivity contribution in [2.45, 2.75) is 13.0 Å². The Bertz CT molecular complexity index is 883. The molecule has 29 heavy (non-hydrogen) atoms. The van der Waals surface area contributed by atoms with Gasteiger partial charge in [0, 0.05) is 50.7 Å². The van der Waals surface area contributed by atoms with Gasteiger partial charge in [-0.15, -0.1) is 0 Å². The van der Waals surface area contributed by atoms with Crippen LogP contribution in [0.3, 0.4) is 0 Å². The summed E-state index contributed by atoms with van der Waals surface area (Å²) in [6, 6.07) is 11.2. The standard InChI is InChI=1S/C22H30N6O/c1-15-5-3-4-6-17(15)21-18-14-28(13-16(18)12-26(21)2)20-11-19(23)24-22(25-20)27-7-9-29-10-8-27/h3-6,11,16,18,21H,7-10,12-14H2,1-2H3,(H2,23,24,25)/t16-,18+,21-/m0/s1. The maximum absolute atomic E-state index is 6.17. The summed E-state index contributed by atoms with van der Waals surface area (Å²) in [7, 11) is 2.26. The van der Waals surface area contributed by atoms with Gasteiger partial charge < -0.3 is 20.3 Å². The summed E-state index contributed by atoms with van der Waals surface area (Å²) < 4.78 is 5.46. The SMILES string of the molecule is Cc1ccccc1[C@H]1[C@@H]2CN(c3cc(N)nc(N4CCOCC4)n3)C[C@@H]2CN1C. The monoisotopic (exact) mass is 394 g/mol. The lowest BCUT2D eigenvalue weighted by Gasteiger charge is -2.30. The quantitative estimate of drug-likeness (QED) is 0.853. The molecule has 1 aromatic carbocycles. The Morgan fingerprint density at radius 3 is 2.62 bits per heavy atom. The van der Waals surface area contributed by atoms with Crippen molar-refractivity contribution in [3.8, 4) is 0 Å². The van der Waals surface area contributed by atoms with Crippen LogP contribution in [0.2, 0.25) is 0 Å². The molecule has 154 valence electrons. The molecule has 7 heteroatoms. The number of benzene rings is 1. The molecular weight excluding hydrogens is 364 g/mol. The van der Waals surface area contributed by atoms with Crippen molar-refractivity contribution in [3.05, 3.63) is 41.5 Å². The first kappa shape index (κ1) is 18.6. The van der Waals surface area contributed by atoms with Gasteiger partial charge in [0.2, 0.25) is 5.95 Å². The second-order valence-corrected chi connectivity index (χ2v) is 8.62. The molecule has 3 fully saturated rings. The highest BCUT2D eigenvalue weighted by molar-refractivity contribution is 5.53. The van der Waals surface area contributed by atoms with Crippen molar-refractivity contribution >= 4 is 17.6 Å². The molecule has 4 heterocycles. The predicted molar refractivity (Wildman–Crippen MR) is 115 cm³/mol. The molecule has 3 atom stereocenters. The van der Waals surface area contributed by atoms with Gasteiger partial charge in [-0.05, 0) is 31.0 Å². The molecule has 3 aliphatic heterocycles. The van der Waals surface area contributed by atoms with Crippen LogP contribution in [0.15, 0.2) is 30.3 Å². The van der Waals surface area contributed by atoms with E-state index in [0.717, 1.165) is 44.5 Å². The molecule has 7 nitrogen and oxygen atoms in total. The molecule has 5 rings (SSSR count). The van der Waals surface area contributed by atoms with Gasteiger partial charge >= 0.3 is 0 Å². The van der Waals surface area contributed by atoms with Gasteiger partial charge in [-0.2, -0.15) is 9.97 Å². The smallest absolute Gasteiger partial charge is 0.229 e. The van der Waals surface area contributed by atoms with Crippen LogP contribution in [0.5, 0.6) is 0 Å². The fraction of sp³-hybridized carbons (Fsp3) is 0.545. The van der Waals surface area contributed by atoms with E-state index in [1.54, 1.807) is 0 Å². The van der Waals surface area contributed by atoms with Gasteiger partial charge in [-0.3, -0.25) is 4.90 Å². The lowest BCUT2D eigenvalue weighted by Crippen LogP contribution is -2.38. The highest BCUT2D eigenvalue weighted by Gasteiger charge is 2.46. The van der Waals surface area contributed by atoms with E-state index in [4.69, 9.17) is 15.5 Å². The van der Waals surface area contributed by atoms with Crippen LogP contribution < -0.4 is 15.5 Å². The van der Waals surface area contributed by atoms with E-state index in [-0.39, 0.29) is 0 Å². The minimum Gasteiger partial charge on any atom is -0.383 e. The number of aromatic nitrogens is 2. The van der Waals surface area contributed by atoms with Crippen molar-refractivity contribution in [3.63, 3.8) is 0 Å². The van der Waals surface area contributed by atoms with E-state index in [0.29, 0.717) is 36.9 Å². The van der Waals surface area contributed by atoms with E-state index < -0.39 is 0 Å². The third kappa shape index (κ3) is 3.42. The Kier molecular flexibility index (Phi) is 4.80. The van der Waals surface area contributed by atoms with E-state index in [9.17, 15) is 0 Å². The molecule has 3 aliphatic rings. The van der Waals surface area contributed by atoms with Crippen LogP contribution in [-0.2, 0) is 4.74 Å². The Balaban J connectivity index is 1.39. The summed E-state index contributed by atoms with van der Waals surface area (Å²) in [4.78, 5) is 16.5. The van der Waals surface area contributed by atoms with Gasteiger partial charge in [-0.25, -0.2) is 0 Å². The van der Waals surface area contributed by atoms with Crippen molar-refractivity contribution < 1.29 is 4.74 Å². The van der Waals surface area contributed by atoms with Crippen molar-refractivity contribution in [1.29, 1.82) is 0 Å². The van der Waals surface area contributed by atoms with Gasteiger partial charge in [0.1, 0.15) is 11.6 Å². The summed E-state index contributed by atoms with van der Waals surface area (Å²) in [6.07, 6.45) is 0. The van der Waals surface area contributed by atoms with Crippen molar-refractivity contribution in [2.75, 3.05) is 68.5 Å². The number of hydrogen-bond acceptors (Lipinski definition) is 7. The third-order valence-corrected chi connectivity index (χ3v) is 6.74. The molecule has 0 spiro atoms. The molecule has 0 aliphatic carbocycles. The number of nitrogen functional groups attached to an aromatic ring is 1. The summed E-state index contributed by atoms with van der Waals surface area (Å²) in [5, 5.41) is 0. The van der Waals surface area contributed by atoms with Crippen LogP contribution in [0.1, 0.15) is 17.2 Å². The average molecular weight is 395 g/mol. The van der Waals surface area contributed by atoms with E-state index in [1.807, 2.05) is 6.07 Å². The molecule has 0 saturated carbocycles. The number of nitrogens with two attached hydrogens (primary N) is 1. The number of rotatable bonds is 3. The van der Waals surface area contributed by atoms with Gasteiger partial charge in [0.05, 0.1) is 13.2 Å². The Labute approximate surface area is 172 Å². The second kappa shape index (κ2) is 7.46. The number of hydrogen-bond donors (Lipinski definition) is 1. The third-order valence-electron chi connectivity index (χ3n) is 6.74. The second-order valence-electron chi connectivity index (χ2n) is 8.62. The van der Waals surface area contributed by atoms with Gasteiger partial charge in [0.15, 0.2) is 0 Å². The molecule has 2 N–H and O–H groups in total. The molecule has 0 radical (unpaired) electrons. The van der Waals surface area contributed by atoms with Crippen LogP contribution in [0.4, 0.5) is 17.6 Å². The lowest BCUT2D eigenvalue weighted by atomic mass is 9.88. The van der Waals surface area contributed by atoms with E-state index >= 15 is 0 Å². The van der Waals surface area contributed by atoms with Crippen LogP contribution in [-0.4, -0.2) is 67.9 Å². The maximum atomic E-state index is 6.17. The van der Waals surface area contributed by atoms with Crippen molar-refractivity contribution in [2.24, 2.45) is 11.8 Å². The lowest BCUT2D eigenvalue weighted by molar-refractivity contribution is 0.122. The number of aryl methyl sites for hydroxylation is 1. The predicted octanol–water partition coefficient (Wildman–Crippen LogP) is 1.94. The normalized spacial score (nSPS) is 27.4. The topological polar surface area (TPSA) is 70.8 Å². The number of likely N-dealkylation sites (tertiary alicyclic amines) is 1. The average Bonchev–Trinajstić information content (AvgIpc) is 3.26. The summed E-state index contributed by atoms with van der Waals surface area (Å²) in [6.45, 7) is 8.43. The zero-order valence-corrected chi connectivity index (χ0v) is 17.3. The number of ether oxygens (including phenoxy) is 1. The molecule has 0 amide bonds. The van der Waals surface area contributed by atoms with E-state index in [2.05, 4.69) is 57.9 Å². The highest BCUT2D eigenvalue weighted by Crippen LogP contribution is 2.45. The molecule has 1 aromatic heterocycles. The van der Waals surface area contributed by atoms with Crippen LogP contribution in [0.25, 0.3) is 0 Å². The van der Waals surface area contributed by atoms with E-state index in [1.165, 1.54) is 11.1 Å². The Morgan fingerprint density at radius 2 is 1.83 bits per heavy atom. The zero-order chi connectivity index (χ0) is 20.0. The Hall–Kier alpha value is -2.38. The summed E-state index contributed by atoms with van der Waals surface area (Å²) in [5.74, 6) is 3.48. The molecule has 0 unspecified atom stereocenters. The minimum atomic E-state index is 0.462.